The molecule has 0 aromatic rings. The Morgan fingerprint density at radius 3 is 2.65 bits per heavy atom. The molecule has 4 atom stereocenters. The Bertz CT molecular complexity index is 383. The first kappa shape index (κ1) is 14.3. The molecule has 3 saturated carbocycles. The number of hydrogen-bond donors (Lipinski definition) is 2. The molecule has 20 heavy (non-hydrogen) atoms. The van der Waals surface area contributed by atoms with E-state index in [4.69, 9.17) is 0 Å². The molecule has 0 heterocycles. The van der Waals surface area contributed by atoms with E-state index in [0.29, 0.717) is 12.1 Å². The molecule has 3 rings (SSSR count). The number of nitrogens with one attached hydrogen (secondary N) is 1. The highest BCUT2D eigenvalue weighted by atomic mass is 16.4. The number of hydrogen-bond acceptors (Lipinski definition) is 3. The van der Waals surface area contributed by atoms with E-state index < -0.39 is 11.5 Å². The molecule has 0 radical (unpaired) electrons. The Morgan fingerprint density at radius 1 is 1.40 bits per heavy atom. The summed E-state index contributed by atoms with van der Waals surface area (Å²) in [6.07, 6.45) is 7.39. The van der Waals surface area contributed by atoms with Gasteiger partial charge in [-0.3, -0.25) is 10.1 Å². The Hall–Kier alpha value is -0.610. The summed E-state index contributed by atoms with van der Waals surface area (Å²) in [5, 5.41) is 13.2. The lowest BCUT2D eigenvalue weighted by Crippen LogP contribution is -2.58. The second-order valence-corrected chi connectivity index (χ2v) is 7.47. The van der Waals surface area contributed by atoms with E-state index in [0.717, 1.165) is 56.9 Å². The van der Waals surface area contributed by atoms with Crippen LogP contribution >= 0.6 is 0 Å². The van der Waals surface area contributed by atoms with Crippen LogP contribution in [0.5, 0.6) is 0 Å². The van der Waals surface area contributed by atoms with Gasteiger partial charge in [0.25, 0.3) is 0 Å². The van der Waals surface area contributed by atoms with Crippen LogP contribution in [0, 0.1) is 11.8 Å². The van der Waals surface area contributed by atoms with Gasteiger partial charge in [-0.1, -0.05) is 6.92 Å². The fraction of sp³-hybridized carbons (Fsp3) is 0.938. The van der Waals surface area contributed by atoms with E-state index in [1.165, 1.54) is 6.42 Å². The van der Waals surface area contributed by atoms with Crippen LogP contribution in [0.2, 0.25) is 0 Å². The van der Waals surface area contributed by atoms with Gasteiger partial charge in [-0.2, -0.15) is 0 Å². The van der Waals surface area contributed by atoms with Crippen molar-refractivity contribution in [2.75, 3.05) is 13.6 Å². The summed E-state index contributed by atoms with van der Waals surface area (Å²) in [5.74, 6) is 1.08. The van der Waals surface area contributed by atoms with Crippen molar-refractivity contribution in [2.24, 2.45) is 11.8 Å². The number of carbonyl (C=O) groups is 1. The third-order valence-corrected chi connectivity index (χ3v) is 5.61. The second-order valence-electron chi connectivity index (χ2n) is 7.47. The second kappa shape index (κ2) is 5.30. The fourth-order valence-electron chi connectivity index (χ4n) is 3.80. The van der Waals surface area contributed by atoms with E-state index >= 15 is 0 Å². The number of nitrogens with zero attached hydrogens (tertiary/aromatic N) is 1. The van der Waals surface area contributed by atoms with Gasteiger partial charge >= 0.3 is 5.97 Å². The van der Waals surface area contributed by atoms with Crippen molar-refractivity contribution in [3.63, 3.8) is 0 Å². The molecule has 3 aliphatic rings. The molecule has 3 fully saturated rings. The molecule has 0 spiro atoms. The van der Waals surface area contributed by atoms with Gasteiger partial charge in [-0.25, -0.2) is 0 Å². The van der Waals surface area contributed by atoms with Gasteiger partial charge in [0.05, 0.1) is 0 Å². The van der Waals surface area contributed by atoms with Gasteiger partial charge in [0.1, 0.15) is 5.54 Å². The zero-order valence-corrected chi connectivity index (χ0v) is 12.8. The van der Waals surface area contributed by atoms with E-state index in [1.54, 1.807) is 0 Å². The molecule has 0 aliphatic heterocycles. The fourth-order valence-corrected chi connectivity index (χ4v) is 3.80. The predicted molar refractivity (Wildman–Crippen MR) is 78.7 cm³/mol. The summed E-state index contributed by atoms with van der Waals surface area (Å²) in [6, 6.07) is 0.887. The van der Waals surface area contributed by atoms with Crippen molar-refractivity contribution in [1.82, 2.24) is 10.2 Å². The van der Waals surface area contributed by atoms with E-state index in [9.17, 15) is 9.90 Å². The topological polar surface area (TPSA) is 52.6 Å². The molecule has 4 heteroatoms. The van der Waals surface area contributed by atoms with E-state index in [2.05, 4.69) is 24.2 Å². The number of carboxylic acids is 1. The SMILES string of the molecule is CC1CC1CN(C)C1CCCC(NC2CC2)(C(=O)O)C1. The van der Waals surface area contributed by atoms with Crippen molar-refractivity contribution in [3.05, 3.63) is 0 Å². The molecule has 0 saturated heterocycles. The summed E-state index contributed by atoms with van der Waals surface area (Å²) >= 11 is 0. The number of aliphatic carboxylic acids is 1. The molecule has 3 aliphatic carbocycles. The quantitative estimate of drug-likeness (QED) is 0.782. The molecule has 4 nitrogen and oxygen atoms in total. The Labute approximate surface area is 121 Å². The van der Waals surface area contributed by atoms with Gasteiger partial charge in [-0.05, 0) is 63.8 Å². The third-order valence-electron chi connectivity index (χ3n) is 5.61. The van der Waals surface area contributed by atoms with Crippen LogP contribution in [-0.2, 0) is 4.79 Å². The van der Waals surface area contributed by atoms with E-state index in [-0.39, 0.29) is 0 Å². The third kappa shape index (κ3) is 3.01. The first-order chi connectivity index (χ1) is 9.50. The Balaban J connectivity index is 1.62. The lowest BCUT2D eigenvalue weighted by molar-refractivity contribution is -0.147. The van der Waals surface area contributed by atoms with Crippen LogP contribution in [0.3, 0.4) is 0 Å². The van der Waals surface area contributed by atoms with Crippen LogP contribution in [0.4, 0.5) is 0 Å². The summed E-state index contributed by atoms with van der Waals surface area (Å²) < 4.78 is 0. The monoisotopic (exact) mass is 280 g/mol. The lowest BCUT2D eigenvalue weighted by Gasteiger charge is -2.42. The average Bonchev–Trinajstić information content (AvgIpc) is 3.31. The van der Waals surface area contributed by atoms with Gasteiger partial charge in [0.15, 0.2) is 0 Å². The lowest BCUT2D eigenvalue weighted by atomic mass is 9.78. The van der Waals surface area contributed by atoms with Crippen LogP contribution in [0.25, 0.3) is 0 Å². The van der Waals surface area contributed by atoms with Crippen LogP contribution in [0.1, 0.15) is 51.9 Å². The normalized spacial score (nSPS) is 40.9. The number of carboxylic acid groups (broad SMARTS) is 1. The summed E-state index contributed by atoms with van der Waals surface area (Å²) in [7, 11) is 2.19. The highest BCUT2D eigenvalue weighted by molar-refractivity contribution is 5.79. The van der Waals surface area contributed by atoms with Crippen molar-refractivity contribution < 1.29 is 9.90 Å². The molecule has 114 valence electrons. The van der Waals surface area contributed by atoms with Gasteiger partial charge in [0, 0.05) is 18.6 Å². The predicted octanol–water partition coefficient (Wildman–Crippen LogP) is 2.09. The molecular formula is C16H28N2O2. The average molecular weight is 280 g/mol. The van der Waals surface area contributed by atoms with Crippen molar-refractivity contribution in [1.29, 1.82) is 0 Å². The van der Waals surface area contributed by atoms with Crippen LogP contribution in [0.15, 0.2) is 0 Å². The maximum Gasteiger partial charge on any atom is 0.323 e. The minimum atomic E-state index is -0.659. The summed E-state index contributed by atoms with van der Waals surface area (Å²) in [5.41, 5.74) is -0.659. The summed E-state index contributed by atoms with van der Waals surface area (Å²) in [4.78, 5) is 14.2. The maximum atomic E-state index is 11.8. The molecule has 0 aromatic carbocycles. The molecule has 4 unspecified atom stereocenters. The number of rotatable bonds is 6. The minimum absolute atomic E-state index is 0.430. The zero-order valence-electron chi connectivity index (χ0n) is 12.8. The van der Waals surface area contributed by atoms with Gasteiger partial charge in [-0.15, -0.1) is 0 Å². The summed E-state index contributed by atoms with van der Waals surface area (Å²) in [6.45, 7) is 3.46. The molecule has 0 aromatic heterocycles. The molecular weight excluding hydrogens is 252 g/mol. The minimum Gasteiger partial charge on any atom is -0.480 e. The van der Waals surface area contributed by atoms with Crippen molar-refractivity contribution in [2.45, 2.75) is 69.5 Å². The molecule has 2 N–H and O–H groups in total. The van der Waals surface area contributed by atoms with Crippen molar-refractivity contribution >= 4 is 5.97 Å². The highest BCUT2D eigenvalue weighted by Gasteiger charge is 2.47. The molecule has 0 bridgehead atoms. The smallest absolute Gasteiger partial charge is 0.323 e. The Morgan fingerprint density at radius 2 is 2.10 bits per heavy atom. The zero-order chi connectivity index (χ0) is 14.3. The first-order valence-electron chi connectivity index (χ1n) is 8.21. The van der Waals surface area contributed by atoms with Crippen LogP contribution < -0.4 is 5.32 Å². The van der Waals surface area contributed by atoms with Gasteiger partial charge < -0.3 is 10.0 Å². The van der Waals surface area contributed by atoms with Crippen LogP contribution in [-0.4, -0.2) is 47.2 Å². The first-order valence-corrected chi connectivity index (χ1v) is 8.21. The van der Waals surface area contributed by atoms with Crippen molar-refractivity contribution in [3.8, 4) is 0 Å². The highest BCUT2D eigenvalue weighted by Crippen LogP contribution is 2.40. The maximum absolute atomic E-state index is 11.8. The Kier molecular flexibility index (Phi) is 3.80. The van der Waals surface area contributed by atoms with Gasteiger partial charge in [0.2, 0.25) is 0 Å². The van der Waals surface area contributed by atoms with E-state index in [1.807, 2.05) is 0 Å². The standard InChI is InChI=1S/C16H28N2O2/c1-11-8-12(11)10-18(2)14-4-3-7-16(9-14,15(19)20)17-13-5-6-13/h11-14,17H,3-10H2,1-2H3,(H,19,20). The largest absolute Gasteiger partial charge is 0.480 e. The molecule has 0 amide bonds.